The first-order valence-electron chi connectivity index (χ1n) is 8.57. The second-order valence-electron chi connectivity index (χ2n) is 6.31. The lowest BCUT2D eigenvalue weighted by Gasteiger charge is -2.11. The molecule has 0 saturated carbocycles. The summed E-state index contributed by atoms with van der Waals surface area (Å²) in [4.78, 5) is 24.2. The van der Waals surface area contributed by atoms with Crippen molar-refractivity contribution >= 4 is 11.7 Å². The van der Waals surface area contributed by atoms with Crippen molar-refractivity contribution in [1.82, 2.24) is 5.32 Å². The highest BCUT2D eigenvalue weighted by molar-refractivity contribution is 5.99. The van der Waals surface area contributed by atoms with Gasteiger partial charge in [0.05, 0.1) is 6.10 Å². The summed E-state index contributed by atoms with van der Waals surface area (Å²) in [5.41, 5.74) is 3.49. The van der Waals surface area contributed by atoms with Gasteiger partial charge in [-0.3, -0.25) is 9.59 Å². The Morgan fingerprint density at radius 2 is 1.76 bits per heavy atom. The van der Waals surface area contributed by atoms with Crippen LogP contribution >= 0.6 is 0 Å². The van der Waals surface area contributed by atoms with E-state index in [1.54, 1.807) is 0 Å². The molecule has 0 bridgehead atoms. The van der Waals surface area contributed by atoms with E-state index in [0.717, 1.165) is 16.7 Å². The Hall–Kier alpha value is -2.46. The quantitative estimate of drug-likeness (QED) is 0.723. The monoisotopic (exact) mass is 339 g/mol. The maximum absolute atomic E-state index is 12.3. The van der Waals surface area contributed by atoms with Crippen LogP contribution in [0, 0.1) is 13.8 Å². The molecule has 0 saturated heterocycles. The van der Waals surface area contributed by atoms with Gasteiger partial charge in [-0.05, 0) is 37.5 Å². The van der Waals surface area contributed by atoms with E-state index in [9.17, 15) is 14.7 Å². The molecular formula is C21H25NO3. The molecule has 0 heterocycles. The molecule has 2 aromatic rings. The number of hydrogen-bond acceptors (Lipinski definition) is 3. The molecule has 1 unspecified atom stereocenters. The van der Waals surface area contributed by atoms with Gasteiger partial charge < -0.3 is 10.4 Å². The lowest BCUT2D eigenvalue weighted by molar-refractivity contribution is -0.121. The van der Waals surface area contributed by atoms with Gasteiger partial charge in [0.1, 0.15) is 0 Å². The van der Waals surface area contributed by atoms with E-state index in [2.05, 4.69) is 5.32 Å². The summed E-state index contributed by atoms with van der Waals surface area (Å²) in [6.45, 7) is 4.23. The highest BCUT2D eigenvalue weighted by atomic mass is 16.3. The minimum absolute atomic E-state index is 0.0133. The van der Waals surface area contributed by atoms with Crippen molar-refractivity contribution in [2.45, 2.75) is 39.2 Å². The van der Waals surface area contributed by atoms with Crippen LogP contribution in [-0.2, 0) is 4.79 Å². The fourth-order valence-electron chi connectivity index (χ4n) is 2.68. The average molecular weight is 339 g/mol. The zero-order chi connectivity index (χ0) is 18.2. The second kappa shape index (κ2) is 9.14. The van der Waals surface area contributed by atoms with Gasteiger partial charge in [0, 0.05) is 24.9 Å². The first-order valence-corrected chi connectivity index (χ1v) is 8.57. The van der Waals surface area contributed by atoms with Crippen molar-refractivity contribution in [2.75, 3.05) is 6.54 Å². The Bertz CT molecular complexity index is 725. The van der Waals surface area contributed by atoms with E-state index >= 15 is 0 Å². The van der Waals surface area contributed by atoms with E-state index in [1.165, 1.54) is 0 Å². The maximum atomic E-state index is 12.3. The number of aliphatic hydroxyl groups excluding tert-OH is 1. The third-order valence-corrected chi connectivity index (χ3v) is 4.20. The Morgan fingerprint density at radius 1 is 1.04 bits per heavy atom. The largest absolute Gasteiger partial charge is 0.388 e. The van der Waals surface area contributed by atoms with Crippen LogP contribution in [0.25, 0.3) is 0 Å². The summed E-state index contributed by atoms with van der Waals surface area (Å²) in [5, 5.41) is 12.8. The minimum Gasteiger partial charge on any atom is -0.388 e. The third-order valence-electron chi connectivity index (χ3n) is 4.20. The van der Waals surface area contributed by atoms with Crippen molar-refractivity contribution in [2.24, 2.45) is 0 Å². The second-order valence-corrected chi connectivity index (χ2v) is 6.31. The van der Waals surface area contributed by atoms with E-state index in [1.807, 2.05) is 62.4 Å². The van der Waals surface area contributed by atoms with E-state index in [0.29, 0.717) is 18.5 Å². The molecule has 2 N–H and O–H groups in total. The first-order chi connectivity index (χ1) is 12.0. The molecule has 0 radical (unpaired) electrons. The van der Waals surface area contributed by atoms with Gasteiger partial charge in [-0.15, -0.1) is 0 Å². The van der Waals surface area contributed by atoms with Gasteiger partial charge in [-0.2, -0.15) is 0 Å². The minimum atomic E-state index is -0.599. The smallest absolute Gasteiger partial charge is 0.220 e. The van der Waals surface area contributed by atoms with Crippen LogP contribution in [0.4, 0.5) is 0 Å². The molecule has 0 spiro atoms. The summed E-state index contributed by atoms with van der Waals surface area (Å²) in [5.74, 6) is -0.181. The van der Waals surface area contributed by atoms with Crippen LogP contribution < -0.4 is 5.32 Å². The van der Waals surface area contributed by atoms with Crippen LogP contribution in [0.1, 0.15) is 52.4 Å². The number of carbonyl (C=O) groups is 2. The normalized spacial score (nSPS) is 11.8. The fraction of sp³-hybridized carbons (Fsp3) is 0.333. The summed E-state index contributed by atoms with van der Waals surface area (Å²) in [6.07, 6.45) is 0.198. The van der Waals surface area contributed by atoms with Gasteiger partial charge in [0.25, 0.3) is 0 Å². The number of amides is 1. The molecular weight excluding hydrogens is 314 g/mol. The Labute approximate surface area is 148 Å². The van der Waals surface area contributed by atoms with Crippen molar-refractivity contribution in [3.63, 3.8) is 0 Å². The molecule has 25 heavy (non-hydrogen) atoms. The third kappa shape index (κ3) is 5.84. The molecule has 0 aliphatic carbocycles. The first kappa shape index (κ1) is 18.9. The predicted octanol–water partition coefficient (Wildman–Crippen LogP) is 3.51. The average Bonchev–Trinajstić information content (AvgIpc) is 2.62. The highest BCUT2D eigenvalue weighted by Crippen LogP contribution is 2.15. The number of nitrogens with one attached hydrogen (secondary N) is 1. The van der Waals surface area contributed by atoms with Crippen LogP contribution in [0.3, 0.4) is 0 Å². The van der Waals surface area contributed by atoms with Gasteiger partial charge in [0.2, 0.25) is 5.91 Å². The molecule has 1 amide bonds. The van der Waals surface area contributed by atoms with Crippen molar-refractivity contribution in [3.05, 3.63) is 70.8 Å². The molecule has 2 rings (SSSR count). The van der Waals surface area contributed by atoms with Crippen LogP contribution in [0.5, 0.6) is 0 Å². The van der Waals surface area contributed by atoms with E-state index in [-0.39, 0.29) is 24.5 Å². The van der Waals surface area contributed by atoms with Crippen molar-refractivity contribution in [1.29, 1.82) is 0 Å². The fourth-order valence-corrected chi connectivity index (χ4v) is 2.68. The van der Waals surface area contributed by atoms with E-state index < -0.39 is 6.10 Å². The molecule has 0 fully saturated rings. The van der Waals surface area contributed by atoms with Crippen molar-refractivity contribution in [3.8, 4) is 0 Å². The predicted molar refractivity (Wildman–Crippen MR) is 98.5 cm³/mol. The van der Waals surface area contributed by atoms with Crippen LogP contribution in [0.15, 0.2) is 48.5 Å². The highest BCUT2D eigenvalue weighted by Gasteiger charge is 2.12. The molecule has 4 nitrogen and oxygen atoms in total. The standard InChI is InChI=1S/C21H25NO3/c1-15-8-9-16(2)18(14-15)20(24)10-11-21(25)22-13-12-19(23)17-6-4-3-5-7-17/h3-9,14,19,23H,10-13H2,1-2H3,(H,22,25). The number of rotatable bonds is 8. The lowest BCUT2D eigenvalue weighted by atomic mass is 9.99. The molecule has 132 valence electrons. The number of ketones is 1. The summed E-state index contributed by atoms with van der Waals surface area (Å²) < 4.78 is 0. The molecule has 0 aromatic heterocycles. The van der Waals surface area contributed by atoms with Crippen molar-refractivity contribution < 1.29 is 14.7 Å². The van der Waals surface area contributed by atoms with Gasteiger partial charge in [0.15, 0.2) is 5.78 Å². The molecule has 0 aliphatic rings. The lowest BCUT2D eigenvalue weighted by Crippen LogP contribution is -2.26. The Balaban J connectivity index is 1.73. The number of benzene rings is 2. The van der Waals surface area contributed by atoms with Gasteiger partial charge in [-0.1, -0.05) is 48.0 Å². The summed E-state index contributed by atoms with van der Waals surface area (Å²) in [7, 11) is 0. The summed E-state index contributed by atoms with van der Waals surface area (Å²) in [6, 6.07) is 15.1. The molecule has 0 aliphatic heterocycles. The van der Waals surface area contributed by atoms with Gasteiger partial charge >= 0.3 is 0 Å². The zero-order valence-corrected chi connectivity index (χ0v) is 14.8. The summed E-state index contributed by atoms with van der Waals surface area (Å²) >= 11 is 0. The number of aryl methyl sites for hydroxylation is 2. The van der Waals surface area contributed by atoms with Gasteiger partial charge in [-0.25, -0.2) is 0 Å². The number of hydrogen-bond donors (Lipinski definition) is 2. The van der Waals surface area contributed by atoms with Crippen LogP contribution in [0.2, 0.25) is 0 Å². The Morgan fingerprint density at radius 3 is 2.48 bits per heavy atom. The number of carbonyl (C=O) groups excluding carboxylic acids is 2. The number of Topliss-reactive ketones (excluding diaryl/α,β-unsaturated/α-hetero) is 1. The topological polar surface area (TPSA) is 66.4 Å². The molecule has 4 heteroatoms. The zero-order valence-electron chi connectivity index (χ0n) is 14.8. The SMILES string of the molecule is Cc1ccc(C)c(C(=O)CCC(=O)NCCC(O)c2ccccc2)c1. The maximum Gasteiger partial charge on any atom is 0.220 e. The van der Waals surface area contributed by atoms with Crippen LogP contribution in [-0.4, -0.2) is 23.3 Å². The molecule has 2 aromatic carbocycles. The van der Waals surface area contributed by atoms with E-state index in [4.69, 9.17) is 0 Å². The Kier molecular flexibility index (Phi) is 6.90. The molecule has 1 atom stereocenters. The number of aliphatic hydroxyl groups is 1.